The van der Waals surface area contributed by atoms with Crippen molar-refractivity contribution in [3.63, 3.8) is 0 Å². The van der Waals surface area contributed by atoms with Gasteiger partial charge in [0.25, 0.3) is 0 Å². The molecule has 0 radical (unpaired) electrons. The van der Waals surface area contributed by atoms with Crippen LogP contribution in [0.2, 0.25) is 0 Å². The zero-order chi connectivity index (χ0) is 38.0. The Morgan fingerprint density at radius 2 is 1.48 bits per heavy atom. The van der Waals surface area contributed by atoms with Gasteiger partial charge in [-0.05, 0) is 42.7 Å². The molecule has 0 fully saturated rings. The number of carboxylic acid groups (broad SMARTS) is 1. The first-order valence-electron chi connectivity index (χ1n) is 17.4. The van der Waals surface area contributed by atoms with Gasteiger partial charge in [0, 0.05) is 36.8 Å². The minimum Gasteiger partial charge on any atom is -0.480 e. The molecule has 0 saturated carbocycles. The number of nitrogens with zero attached hydrogens (tertiary/aromatic N) is 4. The molecule has 15 heteroatoms. The van der Waals surface area contributed by atoms with E-state index in [2.05, 4.69) is 36.3 Å². The van der Waals surface area contributed by atoms with Crippen molar-refractivity contribution < 1.29 is 33.9 Å². The Hall–Kier alpha value is -5.44. The SMILES string of the molecule is CC(C)[C@H](NC(=O)[C@@H](CC(=O)[C@H](CCCCNC(=O)Cc1ccc(-c2nncnn2)cc1)NC(=O)[C@H](C)CC(=O)CN)Cc1ccccc1)C(=O)O. The summed E-state index contributed by atoms with van der Waals surface area (Å²) in [4.78, 5) is 76.8. The zero-order valence-corrected chi connectivity index (χ0v) is 29.8. The molecule has 3 rings (SSSR count). The third-order valence-electron chi connectivity index (χ3n) is 8.51. The second kappa shape index (κ2) is 21.0. The molecule has 1 aromatic heterocycles. The minimum absolute atomic E-state index is 0.0860. The van der Waals surface area contributed by atoms with Crippen molar-refractivity contribution in [1.82, 2.24) is 36.3 Å². The number of Topliss-reactive ketones (excluding diaryl/α,β-unsaturated/α-hetero) is 2. The van der Waals surface area contributed by atoms with Crippen LogP contribution in [0.3, 0.4) is 0 Å². The Bertz CT molecular complexity index is 1640. The van der Waals surface area contributed by atoms with Crippen LogP contribution in [0.4, 0.5) is 0 Å². The monoisotopic (exact) mass is 716 g/mol. The fraction of sp³-hybridized carbons (Fsp3) is 0.459. The minimum atomic E-state index is -1.18. The van der Waals surface area contributed by atoms with Crippen LogP contribution in [0.5, 0.6) is 0 Å². The lowest BCUT2D eigenvalue weighted by Gasteiger charge is -2.25. The van der Waals surface area contributed by atoms with Crippen molar-refractivity contribution >= 4 is 35.3 Å². The van der Waals surface area contributed by atoms with Crippen LogP contribution in [0.25, 0.3) is 11.4 Å². The zero-order valence-electron chi connectivity index (χ0n) is 29.8. The summed E-state index contributed by atoms with van der Waals surface area (Å²) in [6.07, 6.45) is 2.38. The van der Waals surface area contributed by atoms with Gasteiger partial charge in [0.2, 0.25) is 23.5 Å². The van der Waals surface area contributed by atoms with Crippen molar-refractivity contribution in [3.8, 4) is 11.4 Å². The number of unbranched alkanes of at least 4 members (excludes halogenated alkanes) is 1. The molecule has 0 aliphatic carbocycles. The van der Waals surface area contributed by atoms with E-state index in [4.69, 9.17) is 5.73 Å². The Balaban J connectivity index is 1.64. The molecule has 278 valence electrons. The summed E-state index contributed by atoms with van der Waals surface area (Å²) in [5.41, 5.74) is 7.71. The number of amides is 3. The number of benzene rings is 2. The molecule has 0 spiro atoms. The van der Waals surface area contributed by atoms with Crippen LogP contribution in [0.15, 0.2) is 60.9 Å². The van der Waals surface area contributed by atoms with Gasteiger partial charge in [-0.1, -0.05) is 75.4 Å². The number of carbonyl (C=O) groups is 6. The fourth-order valence-corrected chi connectivity index (χ4v) is 5.51. The standard InChI is InChI=1S/C37H48N8O7/c1-23(2)33(37(51)52)43-36(50)28(18-25-9-5-4-6-10-25)20-31(47)30(42-35(49)24(3)17-29(46)21-38)11-7-8-16-39-32(48)19-26-12-14-27(15-13-26)34-44-40-22-41-45-34/h4-6,9-10,12-15,22-24,28,30,33H,7-8,11,16-21,38H2,1-3H3,(H,39,48)(H,42,49)(H,43,50)(H,51,52)/t24-,28-,30+,33+/m1/s1. The molecular weight excluding hydrogens is 668 g/mol. The van der Waals surface area contributed by atoms with E-state index in [-0.39, 0.29) is 50.3 Å². The predicted octanol–water partition coefficient (Wildman–Crippen LogP) is 1.84. The highest BCUT2D eigenvalue weighted by atomic mass is 16.4. The van der Waals surface area contributed by atoms with Crippen LogP contribution >= 0.6 is 0 Å². The molecule has 0 bridgehead atoms. The Morgan fingerprint density at radius 1 is 0.808 bits per heavy atom. The van der Waals surface area contributed by atoms with Crippen LogP contribution in [-0.2, 0) is 41.6 Å². The first-order valence-corrected chi connectivity index (χ1v) is 17.4. The smallest absolute Gasteiger partial charge is 0.326 e. The second-order valence-corrected chi connectivity index (χ2v) is 13.1. The Kier molecular flexibility index (Phi) is 16.6. The van der Waals surface area contributed by atoms with E-state index in [0.717, 1.165) is 11.1 Å². The molecule has 1 heterocycles. The number of nitrogens with one attached hydrogen (secondary N) is 3. The number of carboxylic acids is 1. The summed E-state index contributed by atoms with van der Waals surface area (Å²) in [5.74, 6) is -4.82. The highest BCUT2D eigenvalue weighted by Crippen LogP contribution is 2.19. The number of hydrogen-bond acceptors (Lipinski definition) is 11. The summed E-state index contributed by atoms with van der Waals surface area (Å²) in [5, 5.41) is 33.2. The maximum Gasteiger partial charge on any atom is 0.326 e. The largest absolute Gasteiger partial charge is 0.480 e. The Labute approximate surface area is 303 Å². The lowest BCUT2D eigenvalue weighted by Crippen LogP contribution is -2.49. The molecule has 15 nitrogen and oxygen atoms in total. The molecule has 2 aromatic carbocycles. The van der Waals surface area contributed by atoms with Crippen LogP contribution in [0.1, 0.15) is 64.0 Å². The molecule has 3 aromatic rings. The van der Waals surface area contributed by atoms with Crippen LogP contribution in [0, 0.1) is 17.8 Å². The van der Waals surface area contributed by atoms with E-state index in [0.29, 0.717) is 30.8 Å². The third kappa shape index (κ3) is 13.7. The summed E-state index contributed by atoms with van der Waals surface area (Å²) in [7, 11) is 0. The van der Waals surface area contributed by atoms with Gasteiger partial charge in [-0.2, -0.15) is 0 Å². The lowest BCUT2D eigenvalue weighted by atomic mass is 9.89. The van der Waals surface area contributed by atoms with E-state index < -0.39 is 53.4 Å². The number of carbonyl (C=O) groups excluding carboxylic acids is 5. The number of rotatable bonds is 22. The van der Waals surface area contributed by atoms with Gasteiger partial charge in [-0.3, -0.25) is 24.0 Å². The molecule has 52 heavy (non-hydrogen) atoms. The van der Waals surface area contributed by atoms with Crippen molar-refractivity contribution in [1.29, 1.82) is 0 Å². The number of ketones is 2. The number of aliphatic carboxylic acids is 1. The van der Waals surface area contributed by atoms with Gasteiger partial charge >= 0.3 is 5.97 Å². The van der Waals surface area contributed by atoms with Crippen molar-refractivity contribution in [2.75, 3.05) is 13.1 Å². The van der Waals surface area contributed by atoms with Crippen molar-refractivity contribution in [2.24, 2.45) is 23.5 Å². The van der Waals surface area contributed by atoms with Crippen LogP contribution < -0.4 is 21.7 Å². The number of hydrogen-bond donors (Lipinski definition) is 5. The molecular formula is C37H48N8O7. The van der Waals surface area contributed by atoms with E-state index >= 15 is 0 Å². The summed E-state index contributed by atoms with van der Waals surface area (Å²) in [6, 6.07) is 14.1. The van der Waals surface area contributed by atoms with Gasteiger partial charge in [-0.15, -0.1) is 20.4 Å². The van der Waals surface area contributed by atoms with Gasteiger partial charge < -0.3 is 26.8 Å². The first kappa shape index (κ1) is 41.0. The Morgan fingerprint density at radius 3 is 2.10 bits per heavy atom. The predicted molar refractivity (Wildman–Crippen MR) is 191 cm³/mol. The number of nitrogens with two attached hydrogens (primary N) is 1. The lowest BCUT2D eigenvalue weighted by molar-refractivity contribution is -0.144. The molecule has 0 aliphatic heterocycles. The molecule has 0 aliphatic rings. The first-order chi connectivity index (χ1) is 24.9. The second-order valence-electron chi connectivity index (χ2n) is 13.1. The maximum absolute atomic E-state index is 13.8. The van der Waals surface area contributed by atoms with E-state index in [1.165, 1.54) is 6.33 Å². The maximum atomic E-state index is 13.8. The quantitative estimate of drug-likeness (QED) is 0.0937. The van der Waals surface area contributed by atoms with E-state index in [9.17, 15) is 33.9 Å². The van der Waals surface area contributed by atoms with Crippen LogP contribution in [-0.4, -0.2) is 85.9 Å². The summed E-state index contributed by atoms with van der Waals surface area (Å²) < 4.78 is 0. The molecule has 3 amide bonds. The van der Waals surface area contributed by atoms with Crippen molar-refractivity contribution in [3.05, 3.63) is 72.1 Å². The third-order valence-corrected chi connectivity index (χ3v) is 8.51. The highest BCUT2D eigenvalue weighted by molar-refractivity contribution is 5.94. The molecule has 0 saturated heterocycles. The fourth-order valence-electron chi connectivity index (χ4n) is 5.51. The highest BCUT2D eigenvalue weighted by Gasteiger charge is 2.32. The molecule has 0 unspecified atom stereocenters. The molecule has 6 N–H and O–H groups in total. The average molecular weight is 717 g/mol. The topological polar surface area (TPSA) is 236 Å². The summed E-state index contributed by atoms with van der Waals surface area (Å²) >= 11 is 0. The van der Waals surface area contributed by atoms with Gasteiger partial charge in [0.15, 0.2) is 12.1 Å². The average Bonchev–Trinajstić information content (AvgIpc) is 3.13. The van der Waals surface area contributed by atoms with Gasteiger partial charge in [-0.25, -0.2) is 4.79 Å². The van der Waals surface area contributed by atoms with Crippen molar-refractivity contribution in [2.45, 2.75) is 77.8 Å². The van der Waals surface area contributed by atoms with Gasteiger partial charge in [0.1, 0.15) is 11.8 Å². The number of aromatic nitrogens is 4. The van der Waals surface area contributed by atoms with Gasteiger partial charge in [0.05, 0.1) is 19.0 Å². The molecule has 4 atom stereocenters. The van der Waals surface area contributed by atoms with E-state index in [1.54, 1.807) is 57.2 Å². The van der Waals surface area contributed by atoms with E-state index in [1.807, 2.05) is 18.2 Å². The normalized spacial score (nSPS) is 13.3. The summed E-state index contributed by atoms with van der Waals surface area (Å²) in [6.45, 7) is 5.04.